The Morgan fingerprint density at radius 2 is 1.80 bits per heavy atom. The summed E-state index contributed by atoms with van der Waals surface area (Å²) in [6.07, 6.45) is 2.17. The molecule has 0 bridgehead atoms. The number of hydrogen-bond acceptors (Lipinski definition) is 3. The molecule has 1 fully saturated rings. The first kappa shape index (κ1) is 22.8. The van der Waals surface area contributed by atoms with Crippen molar-refractivity contribution < 1.29 is 13.2 Å². The first-order valence-electron chi connectivity index (χ1n) is 10.4. The number of benzene rings is 2. The molecule has 7 heteroatoms. The number of amides is 1. The zero-order valence-electron chi connectivity index (χ0n) is 17.4. The van der Waals surface area contributed by atoms with Crippen molar-refractivity contribution in [3.05, 3.63) is 65.2 Å². The first-order valence-corrected chi connectivity index (χ1v) is 12.2. The summed E-state index contributed by atoms with van der Waals surface area (Å²) in [7, 11) is -3.65. The van der Waals surface area contributed by atoms with Gasteiger partial charge in [0.15, 0.2) is 0 Å². The smallest absolute Gasteiger partial charge is 0.243 e. The van der Waals surface area contributed by atoms with Gasteiger partial charge in [-0.3, -0.25) is 4.79 Å². The molecule has 2 aromatic rings. The average Bonchev–Trinajstić information content (AvgIpc) is 2.74. The van der Waals surface area contributed by atoms with Crippen LogP contribution < -0.4 is 5.32 Å². The molecule has 3 rings (SSSR count). The van der Waals surface area contributed by atoms with Crippen molar-refractivity contribution in [3.63, 3.8) is 0 Å². The summed E-state index contributed by atoms with van der Waals surface area (Å²) in [5.74, 6) is -0.0247. The molecule has 162 valence electrons. The van der Waals surface area contributed by atoms with Crippen LogP contribution >= 0.6 is 11.6 Å². The van der Waals surface area contributed by atoms with E-state index >= 15 is 0 Å². The van der Waals surface area contributed by atoms with E-state index in [9.17, 15) is 13.2 Å². The van der Waals surface area contributed by atoms with Crippen LogP contribution in [0.1, 0.15) is 44.7 Å². The summed E-state index contributed by atoms with van der Waals surface area (Å²) in [5, 5.41) is 3.66. The van der Waals surface area contributed by atoms with Crippen LogP contribution in [-0.4, -0.2) is 31.7 Å². The second-order valence-electron chi connectivity index (χ2n) is 8.26. The third kappa shape index (κ3) is 5.62. The van der Waals surface area contributed by atoms with Gasteiger partial charge in [-0.25, -0.2) is 8.42 Å². The van der Waals surface area contributed by atoms with Crippen LogP contribution in [0, 0.1) is 11.8 Å². The van der Waals surface area contributed by atoms with Gasteiger partial charge in [-0.1, -0.05) is 55.8 Å². The Kier molecular flexibility index (Phi) is 7.55. The molecule has 5 nitrogen and oxygen atoms in total. The van der Waals surface area contributed by atoms with Gasteiger partial charge in [0.05, 0.1) is 16.9 Å². The van der Waals surface area contributed by atoms with Crippen LogP contribution in [0.3, 0.4) is 0 Å². The molecular weight excluding hydrogens is 420 g/mol. The molecule has 1 N–H and O–H groups in total. The molecule has 1 saturated heterocycles. The van der Waals surface area contributed by atoms with Crippen molar-refractivity contribution in [2.75, 3.05) is 13.1 Å². The number of hydrogen-bond donors (Lipinski definition) is 1. The number of carbonyl (C=O) groups is 1. The maximum Gasteiger partial charge on any atom is 0.243 e. The molecule has 0 unspecified atom stereocenters. The lowest BCUT2D eigenvalue weighted by atomic mass is 9.94. The van der Waals surface area contributed by atoms with E-state index in [0.717, 1.165) is 12.0 Å². The number of nitrogens with one attached hydrogen (secondary N) is 1. The zero-order valence-corrected chi connectivity index (χ0v) is 19.0. The number of piperidine rings is 1. The Hall–Kier alpha value is -1.89. The monoisotopic (exact) mass is 448 g/mol. The first-order chi connectivity index (χ1) is 14.3. The predicted molar refractivity (Wildman–Crippen MR) is 120 cm³/mol. The SMILES string of the molecule is CC(C)C[C@@H](NC(=O)[C@H]1CCCN(S(=O)(=O)c2ccc(Cl)cc2)C1)c1ccccc1. The fourth-order valence-corrected chi connectivity index (χ4v) is 5.50. The maximum atomic E-state index is 13.1. The second kappa shape index (κ2) is 9.94. The van der Waals surface area contributed by atoms with E-state index < -0.39 is 10.0 Å². The molecule has 0 aliphatic carbocycles. The second-order valence-corrected chi connectivity index (χ2v) is 10.6. The number of halogens is 1. The molecule has 0 spiro atoms. The van der Waals surface area contributed by atoms with E-state index in [2.05, 4.69) is 19.2 Å². The Labute approximate surface area is 184 Å². The zero-order chi connectivity index (χ0) is 21.7. The summed E-state index contributed by atoms with van der Waals surface area (Å²) < 4.78 is 27.4. The van der Waals surface area contributed by atoms with E-state index in [1.807, 2.05) is 30.3 Å². The minimum absolute atomic E-state index is 0.0815. The van der Waals surface area contributed by atoms with Crippen molar-refractivity contribution in [2.24, 2.45) is 11.8 Å². The lowest BCUT2D eigenvalue weighted by Crippen LogP contribution is -2.46. The van der Waals surface area contributed by atoms with Crippen LogP contribution in [0.15, 0.2) is 59.5 Å². The Balaban J connectivity index is 1.72. The molecule has 0 aromatic heterocycles. The van der Waals surface area contributed by atoms with E-state index in [4.69, 9.17) is 11.6 Å². The number of sulfonamides is 1. The summed E-state index contributed by atoms with van der Waals surface area (Å²) in [4.78, 5) is 13.3. The predicted octanol–water partition coefficient (Wildman–Crippen LogP) is 4.64. The Bertz CT molecular complexity index is 946. The normalized spacial score (nSPS) is 18.9. The fraction of sp³-hybridized carbons (Fsp3) is 0.435. The van der Waals surface area contributed by atoms with Crippen LogP contribution in [0.2, 0.25) is 5.02 Å². The summed E-state index contributed by atoms with van der Waals surface area (Å²) in [6.45, 7) is 4.87. The minimum Gasteiger partial charge on any atom is -0.349 e. The van der Waals surface area contributed by atoms with Crippen LogP contribution in [0.25, 0.3) is 0 Å². The Morgan fingerprint density at radius 3 is 2.43 bits per heavy atom. The standard InChI is InChI=1S/C23H29ClN2O3S/c1-17(2)15-22(18-7-4-3-5-8-18)25-23(27)19-9-6-14-26(16-19)30(28,29)21-12-10-20(24)11-13-21/h3-5,7-8,10-13,17,19,22H,6,9,14-16H2,1-2H3,(H,25,27)/t19-,22+/m0/s1. The van der Waals surface area contributed by atoms with Gasteiger partial charge in [-0.2, -0.15) is 4.31 Å². The van der Waals surface area contributed by atoms with Gasteiger partial charge in [0.2, 0.25) is 15.9 Å². The van der Waals surface area contributed by atoms with Crippen LogP contribution in [-0.2, 0) is 14.8 Å². The molecule has 2 aromatic carbocycles. The average molecular weight is 449 g/mol. The molecule has 1 amide bonds. The van der Waals surface area contributed by atoms with Crippen molar-refractivity contribution in [2.45, 2.75) is 44.0 Å². The lowest BCUT2D eigenvalue weighted by molar-refractivity contribution is -0.127. The third-order valence-corrected chi connectivity index (χ3v) is 7.56. The highest BCUT2D eigenvalue weighted by molar-refractivity contribution is 7.89. The number of rotatable bonds is 7. The van der Waals surface area contributed by atoms with Gasteiger partial charge in [-0.15, -0.1) is 0 Å². The van der Waals surface area contributed by atoms with Gasteiger partial charge in [-0.05, 0) is 55.0 Å². The highest BCUT2D eigenvalue weighted by Crippen LogP contribution is 2.27. The topological polar surface area (TPSA) is 66.5 Å². The highest BCUT2D eigenvalue weighted by atomic mass is 35.5. The summed E-state index contributed by atoms with van der Waals surface area (Å²) in [6, 6.07) is 16.0. The molecule has 0 radical (unpaired) electrons. The van der Waals surface area contributed by atoms with E-state index in [1.54, 1.807) is 12.1 Å². The van der Waals surface area contributed by atoms with Crippen molar-refractivity contribution in [1.82, 2.24) is 9.62 Å². The van der Waals surface area contributed by atoms with E-state index in [0.29, 0.717) is 30.3 Å². The van der Waals surface area contributed by atoms with Gasteiger partial charge in [0, 0.05) is 18.1 Å². The number of carbonyl (C=O) groups excluding carboxylic acids is 1. The van der Waals surface area contributed by atoms with Crippen LogP contribution in [0.4, 0.5) is 0 Å². The molecule has 0 saturated carbocycles. The number of nitrogens with zero attached hydrogens (tertiary/aromatic N) is 1. The maximum absolute atomic E-state index is 13.1. The molecular formula is C23H29ClN2O3S. The lowest BCUT2D eigenvalue weighted by Gasteiger charge is -2.32. The molecule has 1 aliphatic heterocycles. The van der Waals surface area contributed by atoms with Crippen molar-refractivity contribution >= 4 is 27.5 Å². The molecule has 1 aliphatic rings. The van der Waals surface area contributed by atoms with Gasteiger partial charge < -0.3 is 5.32 Å². The van der Waals surface area contributed by atoms with Gasteiger partial charge in [0.1, 0.15) is 0 Å². The van der Waals surface area contributed by atoms with E-state index in [1.165, 1.54) is 16.4 Å². The molecule has 1 heterocycles. The van der Waals surface area contributed by atoms with Gasteiger partial charge in [0.25, 0.3) is 0 Å². The molecule has 30 heavy (non-hydrogen) atoms. The fourth-order valence-electron chi connectivity index (χ4n) is 3.86. The quantitative estimate of drug-likeness (QED) is 0.670. The highest BCUT2D eigenvalue weighted by Gasteiger charge is 2.34. The summed E-state index contributed by atoms with van der Waals surface area (Å²) >= 11 is 5.89. The minimum atomic E-state index is -3.65. The third-order valence-electron chi connectivity index (χ3n) is 5.43. The summed E-state index contributed by atoms with van der Waals surface area (Å²) in [5.41, 5.74) is 1.07. The molecule has 2 atom stereocenters. The van der Waals surface area contributed by atoms with Crippen LogP contribution in [0.5, 0.6) is 0 Å². The Morgan fingerprint density at radius 1 is 1.13 bits per heavy atom. The largest absolute Gasteiger partial charge is 0.349 e. The van der Waals surface area contributed by atoms with Crippen molar-refractivity contribution in [1.29, 1.82) is 0 Å². The van der Waals surface area contributed by atoms with Crippen molar-refractivity contribution in [3.8, 4) is 0 Å². The van der Waals surface area contributed by atoms with Gasteiger partial charge >= 0.3 is 0 Å². The van der Waals surface area contributed by atoms with E-state index in [-0.39, 0.29) is 29.3 Å².